The molecule has 1 aliphatic heterocycles. The van der Waals surface area contributed by atoms with E-state index in [2.05, 4.69) is 51.1 Å². The quantitative estimate of drug-likeness (QED) is 0.246. The van der Waals surface area contributed by atoms with Crippen LogP contribution in [-0.4, -0.2) is 32.0 Å². The number of aromatic nitrogens is 2. The van der Waals surface area contributed by atoms with E-state index in [4.69, 9.17) is 23.8 Å². The van der Waals surface area contributed by atoms with Gasteiger partial charge in [0.1, 0.15) is 0 Å². The summed E-state index contributed by atoms with van der Waals surface area (Å²) in [7, 11) is 0. The second kappa shape index (κ2) is 11.2. The number of nitrogens with zero attached hydrogens (tertiary/aromatic N) is 3. The van der Waals surface area contributed by atoms with Gasteiger partial charge in [-0.25, -0.2) is 0 Å². The van der Waals surface area contributed by atoms with Gasteiger partial charge in [-0.3, -0.25) is 9.78 Å². The Morgan fingerprint density at radius 3 is 2.56 bits per heavy atom. The van der Waals surface area contributed by atoms with Crippen LogP contribution in [0.5, 0.6) is 0 Å². The maximum absolute atomic E-state index is 13.0. The third-order valence-corrected chi connectivity index (χ3v) is 8.23. The molecule has 0 unspecified atom stereocenters. The van der Waals surface area contributed by atoms with Crippen molar-refractivity contribution in [2.24, 2.45) is 0 Å². The summed E-state index contributed by atoms with van der Waals surface area (Å²) < 4.78 is 2.25. The minimum atomic E-state index is -0.160. The molecule has 4 aromatic rings. The number of para-hydroxylation sites is 1. The molecular weight excluding hydrogens is 526 g/mol. The molecule has 2 atom stereocenters. The molecule has 6 nitrogen and oxygen atoms in total. The van der Waals surface area contributed by atoms with Crippen LogP contribution in [0.2, 0.25) is 5.02 Å². The van der Waals surface area contributed by atoms with Crippen LogP contribution in [0.15, 0.2) is 72.9 Å². The fourth-order valence-corrected chi connectivity index (χ4v) is 5.93. The Labute approximate surface area is 240 Å². The van der Waals surface area contributed by atoms with Crippen LogP contribution in [-0.2, 0) is 4.79 Å². The van der Waals surface area contributed by atoms with Crippen molar-refractivity contribution in [2.45, 2.75) is 46.2 Å². The number of carbonyl (C=O) groups excluding carboxylic acids is 1. The number of hydrogen-bond acceptors (Lipinski definition) is 3. The van der Waals surface area contributed by atoms with Crippen LogP contribution < -0.4 is 10.6 Å². The summed E-state index contributed by atoms with van der Waals surface area (Å²) in [5.74, 6) is -0.0489. The zero-order chi connectivity index (χ0) is 27.7. The van der Waals surface area contributed by atoms with Crippen molar-refractivity contribution in [2.75, 3.05) is 11.9 Å². The first-order valence-electron chi connectivity index (χ1n) is 13.0. The number of amides is 1. The summed E-state index contributed by atoms with van der Waals surface area (Å²) >= 11 is 12.3. The van der Waals surface area contributed by atoms with Gasteiger partial charge in [-0.15, -0.1) is 0 Å². The first-order valence-corrected chi connectivity index (χ1v) is 13.8. The molecule has 0 bridgehead atoms. The summed E-state index contributed by atoms with van der Waals surface area (Å²) in [6.45, 7) is 8.73. The average molecular weight is 558 g/mol. The SMILES string of the molecule is Cc1ccccc1NC(=O)CCN1C(=S)N[C@H](c2ccccn2)[C@H]1c1cc(C)n(-c2cccc(Cl)c2C)c1C. The predicted molar refractivity (Wildman–Crippen MR) is 162 cm³/mol. The van der Waals surface area contributed by atoms with Crippen LogP contribution in [0.4, 0.5) is 5.69 Å². The number of halogens is 1. The molecule has 1 amide bonds. The molecule has 0 spiro atoms. The van der Waals surface area contributed by atoms with E-state index in [0.717, 1.165) is 50.2 Å². The third-order valence-electron chi connectivity index (χ3n) is 7.47. The monoisotopic (exact) mass is 557 g/mol. The van der Waals surface area contributed by atoms with E-state index in [0.29, 0.717) is 18.1 Å². The molecule has 3 heterocycles. The van der Waals surface area contributed by atoms with Crippen molar-refractivity contribution >= 4 is 40.5 Å². The molecule has 200 valence electrons. The second-order valence-corrected chi connectivity index (χ2v) is 10.8. The molecule has 0 aliphatic carbocycles. The second-order valence-electron chi connectivity index (χ2n) is 9.98. The maximum atomic E-state index is 13.0. The van der Waals surface area contributed by atoms with E-state index in [9.17, 15) is 4.79 Å². The molecule has 2 N–H and O–H groups in total. The molecule has 0 saturated carbocycles. The van der Waals surface area contributed by atoms with E-state index in [1.807, 2.05) is 68.4 Å². The van der Waals surface area contributed by atoms with Gasteiger partial charge in [0, 0.05) is 46.9 Å². The molecule has 1 aliphatic rings. The molecular formula is C31H32ClN5OS. The number of aryl methyl sites for hydroxylation is 2. The van der Waals surface area contributed by atoms with Crippen LogP contribution in [0, 0.1) is 27.7 Å². The van der Waals surface area contributed by atoms with Gasteiger partial charge in [0.05, 0.1) is 17.8 Å². The zero-order valence-electron chi connectivity index (χ0n) is 22.5. The lowest BCUT2D eigenvalue weighted by molar-refractivity contribution is -0.116. The van der Waals surface area contributed by atoms with E-state index in [1.165, 1.54) is 0 Å². The van der Waals surface area contributed by atoms with Gasteiger partial charge in [-0.05, 0) is 93.0 Å². The minimum absolute atomic E-state index is 0.0489. The Kier molecular flexibility index (Phi) is 7.73. The normalized spacial score (nSPS) is 16.8. The number of pyridine rings is 1. The molecule has 8 heteroatoms. The van der Waals surface area contributed by atoms with Gasteiger partial charge in [-0.1, -0.05) is 41.9 Å². The third kappa shape index (κ3) is 5.29. The standard InChI is InChI=1S/C31H32ClN5OS/c1-19-10-5-6-12-25(19)34-28(38)15-17-36-30(29(35-31(36)39)26-13-7-8-16-33-26)23-18-20(2)37(22(23)4)27-14-9-11-24(32)21(27)3/h5-14,16,18,29-30H,15,17H2,1-4H3,(H,34,38)(H,35,39)/t29-,30-/m1/s1. The Bertz CT molecular complexity index is 1530. The number of anilines is 1. The number of hydrogen-bond donors (Lipinski definition) is 2. The summed E-state index contributed by atoms with van der Waals surface area (Å²) in [5.41, 5.74) is 8.17. The fourth-order valence-electron chi connectivity index (χ4n) is 5.43. The molecule has 2 aromatic heterocycles. The molecule has 39 heavy (non-hydrogen) atoms. The highest BCUT2D eigenvalue weighted by Gasteiger charge is 2.41. The largest absolute Gasteiger partial charge is 0.352 e. The lowest BCUT2D eigenvalue weighted by Gasteiger charge is -2.28. The lowest BCUT2D eigenvalue weighted by Crippen LogP contribution is -2.33. The van der Waals surface area contributed by atoms with E-state index < -0.39 is 0 Å². The van der Waals surface area contributed by atoms with E-state index in [1.54, 1.807) is 6.20 Å². The van der Waals surface area contributed by atoms with Crippen LogP contribution in [0.3, 0.4) is 0 Å². The molecule has 2 aromatic carbocycles. The number of nitrogens with one attached hydrogen (secondary N) is 2. The Morgan fingerprint density at radius 1 is 1.05 bits per heavy atom. The number of carbonyl (C=O) groups is 1. The van der Waals surface area contributed by atoms with Crippen LogP contribution in [0.25, 0.3) is 5.69 Å². The Morgan fingerprint density at radius 2 is 1.82 bits per heavy atom. The first-order chi connectivity index (χ1) is 18.8. The molecule has 0 radical (unpaired) electrons. The zero-order valence-corrected chi connectivity index (χ0v) is 24.1. The van der Waals surface area contributed by atoms with Gasteiger partial charge in [0.2, 0.25) is 5.91 Å². The van der Waals surface area contributed by atoms with Crippen molar-refractivity contribution in [3.8, 4) is 5.69 Å². The number of rotatable bonds is 7. The topological polar surface area (TPSA) is 62.2 Å². The van der Waals surface area contributed by atoms with Crippen molar-refractivity contribution < 1.29 is 4.79 Å². The minimum Gasteiger partial charge on any atom is -0.352 e. The van der Waals surface area contributed by atoms with E-state index >= 15 is 0 Å². The smallest absolute Gasteiger partial charge is 0.226 e. The van der Waals surface area contributed by atoms with E-state index in [-0.39, 0.29) is 18.0 Å². The summed E-state index contributed by atoms with van der Waals surface area (Å²) in [4.78, 5) is 19.8. The van der Waals surface area contributed by atoms with Crippen molar-refractivity contribution in [3.63, 3.8) is 0 Å². The van der Waals surface area contributed by atoms with Gasteiger partial charge < -0.3 is 20.1 Å². The molecule has 1 saturated heterocycles. The average Bonchev–Trinajstić information content (AvgIpc) is 3.40. The fraction of sp³-hybridized carbons (Fsp3) is 0.258. The van der Waals surface area contributed by atoms with Crippen LogP contribution in [0.1, 0.15) is 52.3 Å². The molecule has 5 rings (SSSR count). The highest BCUT2D eigenvalue weighted by molar-refractivity contribution is 7.80. The van der Waals surface area contributed by atoms with Gasteiger partial charge in [0.25, 0.3) is 0 Å². The summed E-state index contributed by atoms with van der Waals surface area (Å²) in [6.07, 6.45) is 2.10. The van der Waals surface area contributed by atoms with Crippen molar-refractivity contribution in [1.29, 1.82) is 0 Å². The van der Waals surface area contributed by atoms with Gasteiger partial charge >= 0.3 is 0 Å². The molecule has 1 fully saturated rings. The summed E-state index contributed by atoms with van der Waals surface area (Å²) in [6, 6.07) is 21.6. The van der Waals surface area contributed by atoms with Crippen molar-refractivity contribution in [1.82, 2.24) is 19.8 Å². The summed E-state index contributed by atoms with van der Waals surface area (Å²) in [5, 5.41) is 7.89. The highest BCUT2D eigenvalue weighted by Crippen LogP contribution is 2.42. The predicted octanol–water partition coefficient (Wildman–Crippen LogP) is 6.76. The Balaban J connectivity index is 1.50. The Hall–Kier alpha value is -3.68. The first kappa shape index (κ1) is 26.9. The van der Waals surface area contributed by atoms with Crippen molar-refractivity contribution in [3.05, 3.63) is 112 Å². The maximum Gasteiger partial charge on any atom is 0.226 e. The number of benzene rings is 2. The lowest BCUT2D eigenvalue weighted by atomic mass is 9.96. The highest BCUT2D eigenvalue weighted by atomic mass is 35.5. The number of thiocarbonyl (C=S) groups is 1. The van der Waals surface area contributed by atoms with Gasteiger partial charge in [-0.2, -0.15) is 0 Å². The van der Waals surface area contributed by atoms with Gasteiger partial charge in [0.15, 0.2) is 5.11 Å². The van der Waals surface area contributed by atoms with Crippen LogP contribution >= 0.6 is 23.8 Å².